The van der Waals surface area contributed by atoms with Crippen molar-refractivity contribution in [1.82, 2.24) is 4.57 Å². The summed E-state index contributed by atoms with van der Waals surface area (Å²) in [5.41, 5.74) is 3.01. The van der Waals surface area contributed by atoms with E-state index >= 15 is 0 Å². The first kappa shape index (κ1) is 18.8. The molecule has 0 spiro atoms. The highest BCUT2D eigenvalue weighted by molar-refractivity contribution is 5.96. The van der Waals surface area contributed by atoms with E-state index in [0.717, 1.165) is 17.5 Å². The van der Waals surface area contributed by atoms with E-state index in [-0.39, 0.29) is 11.3 Å². The van der Waals surface area contributed by atoms with E-state index in [9.17, 15) is 14.7 Å². The Bertz CT molecular complexity index is 973. The molecule has 0 aliphatic heterocycles. The van der Waals surface area contributed by atoms with E-state index < -0.39 is 6.10 Å². The fourth-order valence-corrected chi connectivity index (χ4v) is 3.04. The van der Waals surface area contributed by atoms with Crippen LogP contribution < -0.4 is 5.56 Å². The number of Topliss-reactive ketones (excluding diaryl/α,β-unsaturated/α-hetero) is 1. The number of aliphatic hydroxyl groups is 1. The lowest BCUT2D eigenvalue weighted by molar-refractivity contribution is 0.0981. The van der Waals surface area contributed by atoms with Crippen LogP contribution in [0.3, 0.4) is 0 Å². The summed E-state index contributed by atoms with van der Waals surface area (Å²) in [6.45, 7) is 2.46. The van der Waals surface area contributed by atoms with Gasteiger partial charge < -0.3 is 9.67 Å². The minimum Gasteiger partial charge on any atom is -0.384 e. The Kier molecular flexibility index (Phi) is 5.99. The topological polar surface area (TPSA) is 59.3 Å². The smallest absolute Gasteiger partial charge is 0.250 e. The molecule has 3 rings (SSSR count). The number of aliphatic hydroxyl groups excluding tert-OH is 1. The molecule has 1 N–H and O–H groups in total. The normalized spacial score (nSPS) is 11.9. The molecule has 1 heterocycles. The number of hydrogen-bond acceptors (Lipinski definition) is 3. The van der Waals surface area contributed by atoms with Crippen molar-refractivity contribution in [2.75, 3.05) is 0 Å². The third-order valence-corrected chi connectivity index (χ3v) is 4.55. The Morgan fingerprint density at radius 3 is 2.48 bits per heavy atom. The van der Waals surface area contributed by atoms with Gasteiger partial charge in [0.1, 0.15) is 6.10 Å². The van der Waals surface area contributed by atoms with Crippen LogP contribution in [0.1, 0.15) is 52.9 Å². The monoisotopic (exact) mass is 361 g/mol. The molecule has 0 bridgehead atoms. The summed E-state index contributed by atoms with van der Waals surface area (Å²) < 4.78 is 1.63. The van der Waals surface area contributed by atoms with Crippen LogP contribution in [-0.4, -0.2) is 15.5 Å². The molecule has 0 saturated carbocycles. The summed E-state index contributed by atoms with van der Waals surface area (Å²) in [4.78, 5) is 23.9. The molecule has 0 saturated heterocycles. The number of aromatic nitrogens is 1. The predicted octanol–water partition coefficient (Wildman–Crippen LogP) is 3.96. The second-order valence-electron chi connectivity index (χ2n) is 6.61. The third kappa shape index (κ3) is 4.60. The highest BCUT2D eigenvalue weighted by Crippen LogP contribution is 2.23. The molecule has 27 heavy (non-hydrogen) atoms. The van der Waals surface area contributed by atoms with Crippen molar-refractivity contribution in [3.8, 4) is 0 Å². The van der Waals surface area contributed by atoms with E-state index in [4.69, 9.17) is 0 Å². The number of hydrogen-bond donors (Lipinski definition) is 1. The molecule has 0 radical (unpaired) electrons. The van der Waals surface area contributed by atoms with Gasteiger partial charge in [0.15, 0.2) is 5.78 Å². The molecule has 0 amide bonds. The van der Waals surface area contributed by atoms with Crippen molar-refractivity contribution in [1.29, 1.82) is 0 Å². The van der Waals surface area contributed by atoms with E-state index in [1.807, 2.05) is 43.3 Å². The van der Waals surface area contributed by atoms with Gasteiger partial charge in [-0.3, -0.25) is 9.59 Å². The Hall–Kier alpha value is -2.98. The zero-order valence-electron chi connectivity index (χ0n) is 15.3. The second kappa shape index (κ2) is 8.60. The standard InChI is InChI=1S/C23H23NO3/c1-2-6-21(25)19-7-5-8-20(15-19)23(27)18-12-10-17(11-13-18)16-24-14-4-3-9-22(24)26/h3-5,7-15,23,27H,2,6,16H2,1H3. The number of benzene rings is 2. The van der Waals surface area contributed by atoms with Crippen molar-refractivity contribution in [3.05, 3.63) is 106 Å². The van der Waals surface area contributed by atoms with Crippen molar-refractivity contribution >= 4 is 5.78 Å². The van der Waals surface area contributed by atoms with Crippen LogP contribution in [0, 0.1) is 0 Å². The molecule has 1 unspecified atom stereocenters. The van der Waals surface area contributed by atoms with Crippen LogP contribution in [0.5, 0.6) is 0 Å². The average molecular weight is 361 g/mol. The van der Waals surface area contributed by atoms with E-state index in [1.165, 1.54) is 6.07 Å². The molecule has 0 fully saturated rings. The fraction of sp³-hybridized carbons (Fsp3) is 0.217. The van der Waals surface area contributed by atoms with Crippen molar-refractivity contribution < 1.29 is 9.90 Å². The van der Waals surface area contributed by atoms with Gasteiger partial charge in [-0.15, -0.1) is 0 Å². The van der Waals surface area contributed by atoms with Crippen LogP contribution >= 0.6 is 0 Å². The first-order chi connectivity index (χ1) is 13.1. The summed E-state index contributed by atoms with van der Waals surface area (Å²) in [5, 5.41) is 10.7. The molecule has 0 aliphatic carbocycles. The van der Waals surface area contributed by atoms with Gasteiger partial charge in [0.2, 0.25) is 0 Å². The molecule has 2 aromatic carbocycles. The number of nitrogens with zero attached hydrogens (tertiary/aromatic N) is 1. The van der Waals surface area contributed by atoms with E-state index in [0.29, 0.717) is 24.1 Å². The summed E-state index contributed by atoms with van der Waals surface area (Å²) in [5.74, 6) is 0.0928. The quantitative estimate of drug-likeness (QED) is 0.648. The first-order valence-electron chi connectivity index (χ1n) is 9.14. The zero-order chi connectivity index (χ0) is 19.2. The lowest BCUT2D eigenvalue weighted by atomic mass is 9.97. The highest BCUT2D eigenvalue weighted by atomic mass is 16.3. The summed E-state index contributed by atoms with van der Waals surface area (Å²) in [6.07, 6.45) is 2.27. The van der Waals surface area contributed by atoms with Gasteiger partial charge in [0.25, 0.3) is 5.56 Å². The zero-order valence-corrected chi connectivity index (χ0v) is 15.3. The van der Waals surface area contributed by atoms with Gasteiger partial charge in [-0.1, -0.05) is 55.5 Å². The lowest BCUT2D eigenvalue weighted by Crippen LogP contribution is -2.18. The van der Waals surface area contributed by atoms with E-state index in [1.54, 1.807) is 35.0 Å². The number of carbonyl (C=O) groups excluding carboxylic acids is 1. The maximum Gasteiger partial charge on any atom is 0.250 e. The number of pyridine rings is 1. The predicted molar refractivity (Wildman–Crippen MR) is 106 cm³/mol. The van der Waals surface area contributed by atoms with Crippen molar-refractivity contribution in [2.24, 2.45) is 0 Å². The van der Waals surface area contributed by atoms with Crippen molar-refractivity contribution in [2.45, 2.75) is 32.4 Å². The van der Waals surface area contributed by atoms with Gasteiger partial charge in [0, 0.05) is 24.2 Å². The van der Waals surface area contributed by atoms with Crippen LogP contribution in [-0.2, 0) is 6.54 Å². The molecule has 138 valence electrons. The summed E-state index contributed by atoms with van der Waals surface area (Å²) in [6, 6.07) is 19.8. The largest absolute Gasteiger partial charge is 0.384 e. The molecule has 4 nitrogen and oxygen atoms in total. The van der Waals surface area contributed by atoms with Crippen LogP contribution in [0.4, 0.5) is 0 Å². The number of carbonyl (C=O) groups is 1. The van der Waals surface area contributed by atoms with Gasteiger partial charge >= 0.3 is 0 Å². The molecular formula is C23H23NO3. The third-order valence-electron chi connectivity index (χ3n) is 4.55. The maximum absolute atomic E-state index is 12.1. The molecule has 1 aromatic heterocycles. The second-order valence-corrected chi connectivity index (χ2v) is 6.61. The minimum atomic E-state index is -0.798. The Morgan fingerprint density at radius 1 is 1.00 bits per heavy atom. The fourth-order valence-electron chi connectivity index (χ4n) is 3.04. The van der Waals surface area contributed by atoms with Gasteiger partial charge in [-0.2, -0.15) is 0 Å². The molecule has 0 aliphatic rings. The van der Waals surface area contributed by atoms with Crippen LogP contribution in [0.25, 0.3) is 0 Å². The number of ketones is 1. The Morgan fingerprint density at radius 2 is 1.78 bits per heavy atom. The SMILES string of the molecule is CCCC(=O)c1cccc(C(O)c2ccc(Cn3ccccc3=O)cc2)c1. The van der Waals surface area contributed by atoms with Gasteiger partial charge in [0.05, 0.1) is 6.54 Å². The molecule has 4 heteroatoms. The average Bonchev–Trinajstić information content (AvgIpc) is 2.70. The number of rotatable bonds is 7. The molecule has 1 atom stereocenters. The Labute approximate surface area is 158 Å². The maximum atomic E-state index is 12.1. The van der Waals surface area contributed by atoms with Gasteiger partial charge in [-0.05, 0) is 35.2 Å². The highest BCUT2D eigenvalue weighted by Gasteiger charge is 2.13. The van der Waals surface area contributed by atoms with Crippen LogP contribution in [0.15, 0.2) is 77.7 Å². The Balaban J connectivity index is 1.77. The molecular weight excluding hydrogens is 338 g/mol. The lowest BCUT2D eigenvalue weighted by Gasteiger charge is -2.14. The van der Waals surface area contributed by atoms with Gasteiger partial charge in [-0.25, -0.2) is 0 Å². The van der Waals surface area contributed by atoms with E-state index in [2.05, 4.69) is 0 Å². The van der Waals surface area contributed by atoms with Crippen LogP contribution in [0.2, 0.25) is 0 Å². The first-order valence-corrected chi connectivity index (χ1v) is 9.14. The molecule has 3 aromatic rings. The van der Waals surface area contributed by atoms with Crippen molar-refractivity contribution in [3.63, 3.8) is 0 Å². The summed E-state index contributed by atoms with van der Waals surface area (Å²) >= 11 is 0. The summed E-state index contributed by atoms with van der Waals surface area (Å²) in [7, 11) is 0. The minimum absolute atomic E-state index is 0.0461.